The van der Waals surface area contributed by atoms with Gasteiger partial charge in [0.15, 0.2) is 11.6 Å². The predicted molar refractivity (Wildman–Crippen MR) is 547 cm³/mol. The van der Waals surface area contributed by atoms with Crippen molar-refractivity contribution in [3.8, 4) is 74.0 Å². The highest BCUT2D eigenvalue weighted by molar-refractivity contribution is 5.73. The van der Waals surface area contributed by atoms with Gasteiger partial charge < -0.3 is 52.1 Å². The molecule has 3 fully saturated rings. The van der Waals surface area contributed by atoms with Gasteiger partial charge in [-0.05, 0) is 385 Å². The molecule has 3 aliphatic carbocycles. The Morgan fingerprint density at radius 3 is 1.11 bits per heavy atom. The second kappa shape index (κ2) is 64.3. The summed E-state index contributed by atoms with van der Waals surface area (Å²) in [6.45, 7) is 20.2. The SMILES string of the molecule is CCCCCC(=O)Oc1ccc(OCCCC2CCC(OCCCCCCOc3ccc(-c4ccc(OCCCC)cc4)cc3)CC2)cc1.CCCCCCCOc1ccc(CCC2CCC(c3ccc(OCCCCCCOc4ccc(C)cc4)c(F)c3)CC2)cc1.CCCCCOc1ccc(C2CCC(C(=O)OCCCCCCOc3ccc(-c4ccc(C)cc4)cc3)CC2)cc1. The molecule has 0 aliphatic heterocycles. The molecule has 134 heavy (non-hydrogen) atoms. The molecular weight excluding hydrogens is 1670 g/mol. The second-order valence-corrected chi connectivity index (χ2v) is 37.7. The molecule has 0 aromatic heterocycles. The summed E-state index contributed by atoms with van der Waals surface area (Å²) >= 11 is 0. The van der Waals surface area contributed by atoms with Crippen LogP contribution in [0.25, 0.3) is 22.3 Å². The van der Waals surface area contributed by atoms with E-state index >= 15 is 0 Å². The normalized spacial score (nSPS) is 16.4. The Labute approximate surface area is 806 Å². The van der Waals surface area contributed by atoms with E-state index in [9.17, 15) is 14.0 Å². The van der Waals surface area contributed by atoms with Crippen molar-refractivity contribution in [2.75, 3.05) is 66.1 Å². The molecule has 0 saturated heterocycles. The monoisotopic (exact) mass is 1830 g/mol. The van der Waals surface area contributed by atoms with Crippen molar-refractivity contribution in [2.24, 2.45) is 17.8 Å². The van der Waals surface area contributed by atoms with E-state index in [1.165, 1.54) is 147 Å². The van der Waals surface area contributed by atoms with Crippen molar-refractivity contribution >= 4 is 11.9 Å². The average Bonchev–Trinajstić information content (AvgIpc) is 0.825. The van der Waals surface area contributed by atoms with Crippen LogP contribution in [0.2, 0.25) is 0 Å². The van der Waals surface area contributed by atoms with Gasteiger partial charge in [0.25, 0.3) is 0 Å². The number of hydrogen-bond acceptors (Lipinski definition) is 13. The van der Waals surface area contributed by atoms with Crippen molar-refractivity contribution in [3.05, 3.63) is 246 Å². The summed E-state index contributed by atoms with van der Waals surface area (Å²) in [5.74, 6) is 9.62. The molecule has 3 aliphatic rings. The van der Waals surface area contributed by atoms with Gasteiger partial charge in [0.1, 0.15) is 46.0 Å². The standard InChI is InChI=1S/C43H60O6.C40H55FO3.C37H48O4/c1-3-5-9-14-43(44)49-42-29-27-41(28-30-42)48-34-12-13-35-15-21-38(22-16-35)46-32-10-7-8-11-33-47-40-25-19-37(20-26-40)36-17-23-39(24-18-36)45-31-6-4-2;1-3-4-5-6-9-28-43-38-25-18-34(19-26-38)15-14-33-16-20-35(21-17-33)36-22-27-40(39(41)31-36)44-30-11-8-7-10-29-42-37-23-12-32(2)13-24-37;1-3-4-7-26-39-35-24-20-33(21-25-35)31-14-16-34(17-15-31)37(38)41-28-9-6-5-8-27-40-36-22-18-32(19-23-36)30-12-10-29(2)11-13-30/h17-20,23-30,35,38H,3-16,21-22,31-34H2,1-2H3;12-13,18-19,22-27,31,33,35H,3-11,14-17,20-21,28-30H2,1-2H3;10-13,18-25,31,34H,3-9,14-17,26-28H2,1-2H3. The van der Waals surface area contributed by atoms with E-state index in [0.717, 1.165) is 258 Å². The fraction of sp³-hybridized carbons (Fsp3) is 0.533. The number of rotatable bonds is 60. The number of halogens is 1. The molecule has 0 bridgehead atoms. The highest BCUT2D eigenvalue weighted by atomic mass is 19.1. The molecule has 0 radical (unpaired) electrons. The molecule has 0 amide bonds. The molecule has 9 aromatic rings. The Morgan fingerprint density at radius 2 is 0.634 bits per heavy atom. The lowest BCUT2D eigenvalue weighted by Gasteiger charge is -2.29. The van der Waals surface area contributed by atoms with Gasteiger partial charge in [0.2, 0.25) is 0 Å². The summed E-state index contributed by atoms with van der Waals surface area (Å²) in [4.78, 5) is 24.5. The maximum Gasteiger partial charge on any atom is 0.311 e. The third kappa shape index (κ3) is 42.2. The maximum atomic E-state index is 14.9. The van der Waals surface area contributed by atoms with Gasteiger partial charge in [-0.1, -0.05) is 206 Å². The van der Waals surface area contributed by atoms with Crippen molar-refractivity contribution in [1.29, 1.82) is 0 Å². The van der Waals surface area contributed by atoms with Gasteiger partial charge in [0, 0.05) is 13.0 Å². The minimum Gasteiger partial charge on any atom is -0.494 e. The lowest BCUT2D eigenvalue weighted by Crippen LogP contribution is -2.23. The van der Waals surface area contributed by atoms with Crippen molar-refractivity contribution in [2.45, 2.75) is 329 Å². The predicted octanol–water partition coefficient (Wildman–Crippen LogP) is 32.5. The van der Waals surface area contributed by atoms with E-state index in [2.05, 4.69) is 181 Å². The number of hydrogen-bond donors (Lipinski definition) is 0. The van der Waals surface area contributed by atoms with Gasteiger partial charge in [-0.15, -0.1) is 0 Å². The average molecular weight is 1830 g/mol. The molecule has 0 atom stereocenters. The van der Waals surface area contributed by atoms with Gasteiger partial charge >= 0.3 is 11.9 Å². The molecule has 0 spiro atoms. The van der Waals surface area contributed by atoms with Crippen LogP contribution in [-0.4, -0.2) is 84.1 Å². The van der Waals surface area contributed by atoms with E-state index in [4.69, 9.17) is 52.1 Å². The fourth-order valence-corrected chi connectivity index (χ4v) is 18.1. The Hall–Kier alpha value is -9.79. The number of carbonyl (C=O) groups excluding carboxylic acids is 2. The van der Waals surface area contributed by atoms with Gasteiger partial charge in [-0.3, -0.25) is 9.59 Å². The van der Waals surface area contributed by atoms with Crippen molar-refractivity contribution in [3.63, 3.8) is 0 Å². The molecule has 9 aromatic carbocycles. The third-order valence-corrected chi connectivity index (χ3v) is 26.7. The first kappa shape index (κ1) is 106. The Kier molecular flexibility index (Phi) is 51.0. The number of esters is 2. The van der Waals surface area contributed by atoms with Crippen LogP contribution in [0.4, 0.5) is 4.39 Å². The highest BCUT2D eigenvalue weighted by Gasteiger charge is 2.29. The number of ether oxygens (including phenoxy) is 11. The zero-order chi connectivity index (χ0) is 93.9. The molecule has 728 valence electrons. The lowest BCUT2D eigenvalue weighted by atomic mass is 9.77. The van der Waals surface area contributed by atoms with Gasteiger partial charge in [-0.25, -0.2) is 4.39 Å². The van der Waals surface area contributed by atoms with Crippen molar-refractivity contribution < 1.29 is 66.1 Å². The largest absolute Gasteiger partial charge is 0.494 e. The van der Waals surface area contributed by atoms with Gasteiger partial charge in [0.05, 0.1) is 71.5 Å². The topological polar surface area (TPSA) is 136 Å². The molecule has 14 heteroatoms. The van der Waals surface area contributed by atoms with Crippen LogP contribution in [0.1, 0.15) is 331 Å². The second-order valence-electron chi connectivity index (χ2n) is 37.7. The van der Waals surface area contributed by atoms with E-state index in [1.54, 1.807) is 6.07 Å². The fourth-order valence-electron chi connectivity index (χ4n) is 18.1. The molecule has 0 unspecified atom stereocenters. The molecule has 0 N–H and O–H groups in total. The summed E-state index contributed by atoms with van der Waals surface area (Å²) in [6.07, 6.45) is 46.8. The summed E-state index contributed by atoms with van der Waals surface area (Å²) in [7, 11) is 0. The zero-order valence-corrected chi connectivity index (χ0v) is 82.6. The van der Waals surface area contributed by atoms with Crippen LogP contribution in [0, 0.1) is 37.4 Å². The van der Waals surface area contributed by atoms with Crippen LogP contribution in [-0.2, 0) is 25.5 Å². The zero-order valence-electron chi connectivity index (χ0n) is 82.6. The first-order chi connectivity index (χ1) is 65.8. The Bertz CT molecular complexity index is 4530. The van der Waals surface area contributed by atoms with E-state index in [-0.39, 0.29) is 23.7 Å². The summed E-state index contributed by atoms with van der Waals surface area (Å²) < 4.78 is 79.1. The molecule has 3 saturated carbocycles. The number of unbranched alkanes of at least 4 members (excludes halogenated alkanes) is 18. The molecule has 12 rings (SSSR count). The van der Waals surface area contributed by atoms with E-state index in [1.807, 2.05) is 66.7 Å². The number of carbonyl (C=O) groups is 2. The minimum absolute atomic E-state index is 0.00306. The number of benzene rings is 9. The van der Waals surface area contributed by atoms with Crippen LogP contribution >= 0.6 is 0 Å². The molecular formula is C120H163FO13. The Balaban J connectivity index is 0.000000209. The van der Waals surface area contributed by atoms with Crippen LogP contribution in [0.15, 0.2) is 212 Å². The van der Waals surface area contributed by atoms with Crippen LogP contribution < -0.4 is 42.6 Å². The molecule has 13 nitrogen and oxygen atoms in total. The summed E-state index contributed by atoms with van der Waals surface area (Å²) in [5, 5.41) is 0. The molecule has 0 heterocycles. The smallest absolute Gasteiger partial charge is 0.311 e. The van der Waals surface area contributed by atoms with Gasteiger partial charge in [-0.2, -0.15) is 0 Å². The Morgan fingerprint density at radius 1 is 0.299 bits per heavy atom. The van der Waals surface area contributed by atoms with Crippen LogP contribution in [0.3, 0.4) is 0 Å². The first-order valence-corrected chi connectivity index (χ1v) is 52.4. The third-order valence-electron chi connectivity index (χ3n) is 26.7. The highest BCUT2D eigenvalue weighted by Crippen LogP contribution is 2.41. The van der Waals surface area contributed by atoms with Crippen molar-refractivity contribution in [1.82, 2.24) is 0 Å². The van der Waals surface area contributed by atoms with E-state index < -0.39 is 0 Å². The van der Waals surface area contributed by atoms with E-state index in [0.29, 0.717) is 62.3 Å². The lowest BCUT2D eigenvalue weighted by molar-refractivity contribution is -0.150. The quantitative estimate of drug-likeness (QED) is 0.0203. The van der Waals surface area contributed by atoms with Crippen LogP contribution in [0.5, 0.6) is 51.7 Å². The number of aryl methyl sites for hydroxylation is 3. The maximum absolute atomic E-state index is 14.9. The summed E-state index contributed by atoms with van der Waals surface area (Å²) in [6, 6.07) is 72.1. The minimum atomic E-state index is -0.222. The summed E-state index contributed by atoms with van der Waals surface area (Å²) in [5.41, 5.74) is 11.2. The first-order valence-electron chi connectivity index (χ1n) is 52.4.